The van der Waals surface area contributed by atoms with Crippen LogP contribution >= 0.6 is 0 Å². The van der Waals surface area contributed by atoms with Crippen molar-refractivity contribution in [2.45, 2.75) is 26.7 Å². The molecular weight excluding hydrogens is 256 g/mol. The molecule has 0 fully saturated rings. The van der Waals surface area contributed by atoms with Gasteiger partial charge in [-0.1, -0.05) is 25.1 Å². The van der Waals surface area contributed by atoms with Gasteiger partial charge in [0.05, 0.1) is 5.56 Å². The van der Waals surface area contributed by atoms with Crippen LogP contribution in [0.15, 0.2) is 22.7 Å². The first-order chi connectivity index (χ1) is 9.65. The van der Waals surface area contributed by atoms with E-state index < -0.39 is 0 Å². The van der Waals surface area contributed by atoms with E-state index in [1.165, 1.54) is 0 Å². The molecule has 0 atom stereocenters. The molecule has 3 rings (SSSR count). The largest absolute Gasteiger partial charge is 0.454 e. The molecule has 2 aromatic rings. The molecule has 1 aromatic carbocycles. The van der Waals surface area contributed by atoms with Gasteiger partial charge in [-0.2, -0.15) is 0 Å². The van der Waals surface area contributed by atoms with E-state index in [2.05, 4.69) is 19.0 Å². The predicted molar refractivity (Wildman–Crippen MR) is 75.6 cm³/mol. The number of nitrogen functional groups attached to an aromatic ring is 1. The van der Waals surface area contributed by atoms with Gasteiger partial charge in [-0.05, 0) is 30.0 Å². The monoisotopic (exact) mass is 274 g/mol. The van der Waals surface area contributed by atoms with Gasteiger partial charge >= 0.3 is 0 Å². The van der Waals surface area contributed by atoms with Crippen molar-refractivity contribution in [1.29, 1.82) is 0 Å². The number of benzene rings is 1. The molecule has 0 unspecified atom stereocenters. The van der Waals surface area contributed by atoms with Crippen LogP contribution in [-0.2, 0) is 6.42 Å². The second-order valence-corrected chi connectivity index (χ2v) is 5.37. The predicted octanol–water partition coefficient (Wildman–Crippen LogP) is 3.24. The normalized spacial score (nSPS) is 13.2. The molecule has 20 heavy (non-hydrogen) atoms. The summed E-state index contributed by atoms with van der Waals surface area (Å²) in [6, 6.07) is 5.76. The number of fused-ring (bicyclic) bond motifs is 1. The molecule has 0 saturated carbocycles. The first kappa shape index (κ1) is 12.8. The molecule has 1 aliphatic rings. The molecule has 5 nitrogen and oxygen atoms in total. The second-order valence-electron chi connectivity index (χ2n) is 5.37. The van der Waals surface area contributed by atoms with Crippen LogP contribution in [0, 0.1) is 5.92 Å². The lowest BCUT2D eigenvalue weighted by atomic mass is 10.00. The molecule has 106 valence electrons. The number of nitrogens with two attached hydrogens (primary N) is 1. The first-order valence-corrected chi connectivity index (χ1v) is 6.79. The van der Waals surface area contributed by atoms with Crippen molar-refractivity contribution >= 4 is 5.82 Å². The molecule has 2 heterocycles. The highest BCUT2D eigenvalue weighted by Crippen LogP contribution is 2.39. The van der Waals surface area contributed by atoms with Crippen molar-refractivity contribution in [2.24, 2.45) is 5.92 Å². The number of nitrogens with zero attached hydrogens (tertiary/aromatic N) is 1. The Bertz CT molecular complexity index is 620. The van der Waals surface area contributed by atoms with Crippen LogP contribution in [0.2, 0.25) is 0 Å². The maximum absolute atomic E-state index is 5.95. The zero-order valence-corrected chi connectivity index (χ0v) is 11.7. The number of aryl methyl sites for hydroxylation is 1. The fourth-order valence-electron chi connectivity index (χ4n) is 2.29. The third kappa shape index (κ3) is 2.31. The summed E-state index contributed by atoms with van der Waals surface area (Å²) in [5.41, 5.74) is 7.76. The van der Waals surface area contributed by atoms with Gasteiger partial charge in [-0.15, -0.1) is 0 Å². The van der Waals surface area contributed by atoms with E-state index in [0.717, 1.165) is 41.2 Å². The van der Waals surface area contributed by atoms with Crippen molar-refractivity contribution in [3.63, 3.8) is 0 Å². The van der Waals surface area contributed by atoms with E-state index >= 15 is 0 Å². The minimum atomic E-state index is 0.262. The zero-order valence-electron chi connectivity index (χ0n) is 11.7. The summed E-state index contributed by atoms with van der Waals surface area (Å²) in [5.74, 6) is 3.34. The zero-order chi connectivity index (χ0) is 14.1. The Labute approximate surface area is 117 Å². The lowest BCUT2D eigenvalue weighted by molar-refractivity contribution is 0.174. The summed E-state index contributed by atoms with van der Waals surface area (Å²) in [5, 5.41) is 3.90. The van der Waals surface area contributed by atoms with Crippen LogP contribution in [0.4, 0.5) is 5.82 Å². The Balaban J connectivity index is 1.95. The summed E-state index contributed by atoms with van der Waals surface area (Å²) in [6.07, 6.45) is 1.86. The van der Waals surface area contributed by atoms with Crippen LogP contribution in [-0.4, -0.2) is 11.9 Å². The van der Waals surface area contributed by atoms with Crippen LogP contribution in [0.3, 0.4) is 0 Å². The Morgan fingerprint density at radius 3 is 2.85 bits per heavy atom. The van der Waals surface area contributed by atoms with E-state index in [4.69, 9.17) is 19.7 Å². The topological polar surface area (TPSA) is 70.5 Å². The number of hydrogen-bond donors (Lipinski definition) is 1. The number of rotatable bonds is 4. The maximum atomic E-state index is 5.95. The second kappa shape index (κ2) is 5.07. The molecule has 2 N–H and O–H groups in total. The van der Waals surface area contributed by atoms with E-state index in [1.807, 2.05) is 18.2 Å². The SMILES string of the molecule is CC(C)CCc1onc(N)c1-c1ccc2c(c1)OCO2. The van der Waals surface area contributed by atoms with Crippen LogP contribution in [0.1, 0.15) is 26.0 Å². The highest BCUT2D eigenvalue weighted by Gasteiger charge is 2.20. The molecule has 0 radical (unpaired) electrons. The summed E-state index contributed by atoms with van der Waals surface area (Å²) in [7, 11) is 0. The third-order valence-electron chi connectivity index (χ3n) is 3.40. The molecule has 1 aromatic heterocycles. The molecule has 0 spiro atoms. The standard InChI is InChI=1S/C15H18N2O3/c1-9(2)3-5-12-14(15(16)17-20-12)10-4-6-11-13(7-10)19-8-18-11/h4,6-7,9H,3,5,8H2,1-2H3,(H2,16,17). The van der Waals surface area contributed by atoms with Gasteiger partial charge in [0.1, 0.15) is 5.76 Å². The molecule has 0 aliphatic carbocycles. The lowest BCUT2D eigenvalue weighted by Crippen LogP contribution is -1.94. The Morgan fingerprint density at radius 1 is 1.25 bits per heavy atom. The molecule has 5 heteroatoms. The summed E-state index contributed by atoms with van der Waals surface area (Å²) in [4.78, 5) is 0. The van der Waals surface area contributed by atoms with Crippen molar-refractivity contribution in [3.8, 4) is 22.6 Å². The van der Waals surface area contributed by atoms with Gasteiger partial charge in [0.15, 0.2) is 17.3 Å². The molecule has 0 saturated heterocycles. The number of ether oxygens (including phenoxy) is 2. The third-order valence-corrected chi connectivity index (χ3v) is 3.40. The highest BCUT2D eigenvalue weighted by molar-refractivity contribution is 5.77. The molecule has 0 amide bonds. The van der Waals surface area contributed by atoms with E-state index in [1.54, 1.807) is 0 Å². The fraction of sp³-hybridized carbons (Fsp3) is 0.400. The van der Waals surface area contributed by atoms with Crippen molar-refractivity contribution < 1.29 is 14.0 Å². The Kier molecular flexibility index (Phi) is 3.26. The van der Waals surface area contributed by atoms with Gasteiger partial charge < -0.3 is 19.7 Å². The number of aromatic nitrogens is 1. The summed E-state index contributed by atoms with van der Waals surface area (Å²) < 4.78 is 16.1. The van der Waals surface area contributed by atoms with Gasteiger partial charge in [-0.3, -0.25) is 0 Å². The van der Waals surface area contributed by atoms with E-state index in [-0.39, 0.29) is 6.79 Å². The number of anilines is 1. The Hall–Kier alpha value is -2.17. The first-order valence-electron chi connectivity index (χ1n) is 6.79. The van der Waals surface area contributed by atoms with Crippen molar-refractivity contribution in [3.05, 3.63) is 24.0 Å². The smallest absolute Gasteiger partial charge is 0.231 e. The Morgan fingerprint density at radius 2 is 2.05 bits per heavy atom. The van der Waals surface area contributed by atoms with E-state index in [9.17, 15) is 0 Å². The lowest BCUT2D eigenvalue weighted by Gasteiger charge is -2.05. The van der Waals surface area contributed by atoms with E-state index in [0.29, 0.717) is 11.7 Å². The highest BCUT2D eigenvalue weighted by atomic mass is 16.7. The van der Waals surface area contributed by atoms with Crippen LogP contribution in [0.5, 0.6) is 11.5 Å². The minimum absolute atomic E-state index is 0.262. The molecule has 0 bridgehead atoms. The van der Waals surface area contributed by atoms with Gasteiger partial charge in [0.25, 0.3) is 0 Å². The summed E-state index contributed by atoms with van der Waals surface area (Å²) >= 11 is 0. The molecular formula is C15H18N2O3. The average molecular weight is 274 g/mol. The van der Waals surface area contributed by atoms with Crippen molar-refractivity contribution in [2.75, 3.05) is 12.5 Å². The quantitative estimate of drug-likeness (QED) is 0.926. The van der Waals surface area contributed by atoms with Gasteiger partial charge in [0.2, 0.25) is 6.79 Å². The fourth-order valence-corrected chi connectivity index (χ4v) is 2.29. The average Bonchev–Trinajstić information content (AvgIpc) is 3.01. The van der Waals surface area contributed by atoms with Crippen molar-refractivity contribution in [1.82, 2.24) is 5.16 Å². The number of hydrogen-bond acceptors (Lipinski definition) is 5. The summed E-state index contributed by atoms with van der Waals surface area (Å²) in [6.45, 7) is 4.62. The minimum Gasteiger partial charge on any atom is -0.454 e. The van der Waals surface area contributed by atoms with Gasteiger partial charge in [0, 0.05) is 6.42 Å². The molecule has 1 aliphatic heterocycles. The van der Waals surface area contributed by atoms with Crippen LogP contribution in [0.25, 0.3) is 11.1 Å². The maximum Gasteiger partial charge on any atom is 0.231 e. The van der Waals surface area contributed by atoms with Crippen LogP contribution < -0.4 is 15.2 Å². The van der Waals surface area contributed by atoms with Gasteiger partial charge in [-0.25, -0.2) is 0 Å².